The monoisotopic (exact) mass is 282 g/mol. The van der Waals surface area contributed by atoms with E-state index in [4.69, 9.17) is 4.74 Å². The minimum absolute atomic E-state index is 0.0166. The Morgan fingerprint density at radius 2 is 1.65 bits per heavy atom. The number of hydrogen-bond acceptors (Lipinski definition) is 2. The third-order valence-corrected chi connectivity index (χ3v) is 4.39. The molecule has 0 N–H and O–H groups in total. The molecule has 2 nitrogen and oxygen atoms in total. The molecule has 0 amide bonds. The van der Waals surface area contributed by atoms with Crippen molar-refractivity contribution >= 4 is 5.97 Å². The summed E-state index contributed by atoms with van der Waals surface area (Å²) in [5, 5.41) is 0. The van der Waals surface area contributed by atoms with Gasteiger partial charge in [0.1, 0.15) is 5.60 Å². The van der Waals surface area contributed by atoms with Crippen molar-refractivity contribution in [2.24, 2.45) is 11.3 Å². The summed E-state index contributed by atoms with van der Waals surface area (Å²) in [7, 11) is 0. The molecule has 0 aliphatic heterocycles. The predicted octanol–water partition coefficient (Wildman–Crippen LogP) is 5.50. The van der Waals surface area contributed by atoms with Crippen LogP contribution in [0, 0.1) is 11.3 Å². The second kappa shape index (κ2) is 7.47. The Balaban J connectivity index is 2.12. The Bertz CT molecular complexity index is 303. The molecular formula is C18H34O2. The van der Waals surface area contributed by atoms with Crippen molar-refractivity contribution in [3.63, 3.8) is 0 Å². The minimum Gasteiger partial charge on any atom is -0.460 e. The van der Waals surface area contributed by atoms with E-state index >= 15 is 0 Å². The molecule has 0 saturated heterocycles. The Morgan fingerprint density at radius 1 is 1.10 bits per heavy atom. The maximum atomic E-state index is 12.0. The SMILES string of the molecule is CCCCCCCCCC1(C)CC1C(=O)OC(C)(C)C. The van der Waals surface area contributed by atoms with Gasteiger partial charge >= 0.3 is 5.97 Å². The first-order valence-corrected chi connectivity index (χ1v) is 8.51. The molecule has 0 radical (unpaired) electrons. The molecule has 0 aromatic carbocycles. The van der Waals surface area contributed by atoms with E-state index in [-0.39, 0.29) is 22.9 Å². The fraction of sp³-hybridized carbons (Fsp3) is 0.944. The highest BCUT2D eigenvalue weighted by molar-refractivity contribution is 5.77. The van der Waals surface area contributed by atoms with Crippen LogP contribution in [0.5, 0.6) is 0 Å². The van der Waals surface area contributed by atoms with Crippen molar-refractivity contribution in [1.29, 1.82) is 0 Å². The maximum absolute atomic E-state index is 12.0. The third kappa shape index (κ3) is 6.28. The van der Waals surface area contributed by atoms with E-state index in [0.717, 1.165) is 6.42 Å². The Morgan fingerprint density at radius 3 is 2.20 bits per heavy atom. The molecule has 0 aromatic rings. The molecule has 20 heavy (non-hydrogen) atoms. The van der Waals surface area contributed by atoms with Gasteiger partial charge in [0.2, 0.25) is 0 Å². The van der Waals surface area contributed by atoms with Gasteiger partial charge in [-0.2, -0.15) is 0 Å². The fourth-order valence-corrected chi connectivity index (χ4v) is 2.91. The molecule has 1 fully saturated rings. The molecule has 0 spiro atoms. The fourth-order valence-electron chi connectivity index (χ4n) is 2.91. The van der Waals surface area contributed by atoms with Gasteiger partial charge in [-0.1, -0.05) is 58.8 Å². The zero-order chi connectivity index (χ0) is 15.2. The minimum atomic E-state index is -0.347. The number of hydrogen-bond donors (Lipinski definition) is 0. The van der Waals surface area contributed by atoms with Crippen LogP contribution in [0.4, 0.5) is 0 Å². The highest BCUT2D eigenvalue weighted by Gasteiger charge is 2.55. The van der Waals surface area contributed by atoms with Gasteiger partial charge in [0.15, 0.2) is 0 Å². The largest absolute Gasteiger partial charge is 0.460 e. The first-order chi connectivity index (χ1) is 9.28. The summed E-state index contributed by atoms with van der Waals surface area (Å²) < 4.78 is 5.49. The summed E-state index contributed by atoms with van der Waals surface area (Å²) in [4.78, 5) is 12.0. The van der Waals surface area contributed by atoms with Gasteiger partial charge in [-0.05, 0) is 39.0 Å². The molecule has 1 aliphatic carbocycles. The average Bonchev–Trinajstić information content (AvgIpc) is 2.99. The van der Waals surface area contributed by atoms with Gasteiger partial charge < -0.3 is 4.74 Å². The number of carbonyl (C=O) groups excluding carboxylic acids is 1. The Kier molecular flexibility index (Phi) is 6.54. The molecule has 2 heteroatoms. The van der Waals surface area contributed by atoms with Gasteiger partial charge in [-0.15, -0.1) is 0 Å². The van der Waals surface area contributed by atoms with Gasteiger partial charge in [-0.25, -0.2) is 0 Å². The summed E-state index contributed by atoms with van der Waals surface area (Å²) in [5.74, 6) is 0.171. The van der Waals surface area contributed by atoms with E-state index in [0.29, 0.717) is 0 Å². The number of ether oxygens (including phenoxy) is 1. The highest BCUT2D eigenvalue weighted by Crippen LogP contribution is 2.56. The standard InChI is InChI=1S/C18H34O2/c1-6-7-8-9-10-11-12-13-18(5)14-15(18)16(19)20-17(2,3)4/h15H,6-14H2,1-5H3. The van der Waals surface area contributed by atoms with E-state index in [2.05, 4.69) is 13.8 Å². The lowest BCUT2D eigenvalue weighted by molar-refractivity contribution is -0.157. The van der Waals surface area contributed by atoms with Gasteiger partial charge in [0.05, 0.1) is 5.92 Å². The summed E-state index contributed by atoms with van der Waals surface area (Å²) in [6, 6.07) is 0. The summed E-state index contributed by atoms with van der Waals surface area (Å²) >= 11 is 0. The smallest absolute Gasteiger partial charge is 0.310 e. The second-order valence-corrected chi connectivity index (χ2v) is 7.82. The number of esters is 1. The van der Waals surface area contributed by atoms with Crippen LogP contribution in [0.25, 0.3) is 0 Å². The van der Waals surface area contributed by atoms with Crippen molar-refractivity contribution in [2.75, 3.05) is 0 Å². The molecule has 1 saturated carbocycles. The van der Waals surface area contributed by atoms with Crippen LogP contribution in [0.2, 0.25) is 0 Å². The molecule has 2 atom stereocenters. The Hall–Kier alpha value is -0.530. The molecule has 118 valence electrons. The molecule has 2 unspecified atom stereocenters. The molecule has 1 aliphatic rings. The van der Waals surface area contributed by atoms with Crippen LogP contribution in [0.15, 0.2) is 0 Å². The topological polar surface area (TPSA) is 26.3 Å². The summed E-state index contributed by atoms with van der Waals surface area (Å²) in [5.41, 5.74) is -0.119. The Labute approximate surface area is 125 Å². The van der Waals surface area contributed by atoms with E-state index in [1.54, 1.807) is 0 Å². The van der Waals surface area contributed by atoms with Crippen LogP contribution in [0.3, 0.4) is 0 Å². The van der Waals surface area contributed by atoms with Crippen LogP contribution < -0.4 is 0 Å². The predicted molar refractivity (Wildman–Crippen MR) is 84.7 cm³/mol. The zero-order valence-corrected chi connectivity index (χ0v) is 14.3. The van der Waals surface area contributed by atoms with E-state index in [1.165, 1.54) is 51.4 Å². The van der Waals surface area contributed by atoms with Gasteiger partial charge in [0.25, 0.3) is 0 Å². The average molecular weight is 282 g/mol. The van der Waals surface area contributed by atoms with Crippen molar-refractivity contribution in [2.45, 2.75) is 98.0 Å². The lowest BCUT2D eigenvalue weighted by Gasteiger charge is -2.20. The second-order valence-electron chi connectivity index (χ2n) is 7.82. The van der Waals surface area contributed by atoms with E-state index in [9.17, 15) is 4.79 Å². The van der Waals surface area contributed by atoms with E-state index in [1.807, 2.05) is 20.8 Å². The van der Waals surface area contributed by atoms with Crippen LogP contribution in [-0.2, 0) is 9.53 Å². The quantitative estimate of drug-likeness (QED) is 0.412. The molecule has 1 rings (SSSR count). The molecule has 0 aromatic heterocycles. The van der Waals surface area contributed by atoms with Gasteiger partial charge in [-0.3, -0.25) is 4.79 Å². The van der Waals surface area contributed by atoms with E-state index < -0.39 is 0 Å². The first-order valence-electron chi connectivity index (χ1n) is 8.51. The van der Waals surface area contributed by atoms with Crippen LogP contribution >= 0.6 is 0 Å². The first kappa shape index (κ1) is 17.5. The van der Waals surface area contributed by atoms with Crippen molar-refractivity contribution in [1.82, 2.24) is 0 Å². The number of unbranched alkanes of at least 4 members (excludes halogenated alkanes) is 6. The van der Waals surface area contributed by atoms with Crippen molar-refractivity contribution < 1.29 is 9.53 Å². The highest BCUT2D eigenvalue weighted by atomic mass is 16.6. The van der Waals surface area contributed by atoms with Crippen molar-refractivity contribution in [3.8, 4) is 0 Å². The van der Waals surface area contributed by atoms with Gasteiger partial charge in [0, 0.05) is 0 Å². The summed E-state index contributed by atoms with van der Waals surface area (Å²) in [6.45, 7) is 10.3. The maximum Gasteiger partial charge on any atom is 0.310 e. The number of carbonyl (C=O) groups is 1. The molecule has 0 heterocycles. The van der Waals surface area contributed by atoms with Crippen LogP contribution in [-0.4, -0.2) is 11.6 Å². The molecular weight excluding hydrogens is 248 g/mol. The lowest BCUT2D eigenvalue weighted by Crippen LogP contribution is -2.26. The van der Waals surface area contributed by atoms with Crippen LogP contribution in [0.1, 0.15) is 92.4 Å². The van der Waals surface area contributed by atoms with Crippen molar-refractivity contribution in [3.05, 3.63) is 0 Å². The molecule has 0 bridgehead atoms. The third-order valence-electron chi connectivity index (χ3n) is 4.39. The zero-order valence-electron chi connectivity index (χ0n) is 14.3. The normalized spacial score (nSPS) is 25.6. The lowest BCUT2D eigenvalue weighted by atomic mass is 9.97. The number of rotatable bonds is 9. The summed E-state index contributed by atoms with van der Waals surface area (Å²) in [6.07, 6.45) is 11.6.